The third-order valence-corrected chi connectivity index (χ3v) is 3.69. The minimum absolute atomic E-state index is 0.131. The summed E-state index contributed by atoms with van der Waals surface area (Å²) in [6.07, 6.45) is 0.685. The van der Waals surface area contributed by atoms with E-state index in [1.165, 1.54) is 0 Å². The van der Waals surface area contributed by atoms with E-state index in [1.807, 2.05) is 11.6 Å². The number of sulfonamides is 1. The molecule has 0 heterocycles. The van der Waals surface area contributed by atoms with Gasteiger partial charge in [-0.25, -0.2) is 22.3 Å². The zero-order valence-electron chi connectivity index (χ0n) is 10.1. The van der Waals surface area contributed by atoms with Gasteiger partial charge in [-0.3, -0.25) is 0 Å². The summed E-state index contributed by atoms with van der Waals surface area (Å²) < 4.78 is 38.0. The number of carbonyl (C=O) groups is 1. The van der Waals surface area contributed by atoms with Crippen LogP contribution in [0.5, 0.6) is 0 Å². The first-order valence-corrected chi connectivity index (χ1v) is 6.92. The molecule has 0 saturated heterocycles. The third kappa shape index (κ3) is 3.99. The monoisotopic (exact) mass is 274 g/mol. The van der Waals surface area contributed by atoms with Crippen LogP contribution in [0.25, 0.3) is 0 Å². The molecule has 0 aliphatic rings. The summed E-state index contributed by atoms with van der Waals surface area (Å²) in [7, 11) is -3.96. The van der Waals surface area contributed by atoms with E-state index in [0.717, 1.165) is 24.3 Å². The van der Waals surface area contributed by atoms with Gasteiger partial charge in [-0.2, -0.15) is 0 Å². The molecule has 2 N–H and O–H groups in total. The van der Waals surface area contributed by atoms with Crippen molar-refractivity contribution in [1.82, 2.24) is 10.0 Å². The molecule has 0 aliphatic carbocycles. The number of amides is 2. The lowest BCUT2D eigenvalue weighted by Gasteiger charge is -2.12. The van der Waals surface area contributed by atoms with Gasteiger partial charge in [0, 0.05) is 6.04 Å². The van der Waals surface area contributed by atoms with Crippen molar-refractivity contribution in [2.24, 2.45) is 0 Å². The second-order valence-electron chi connectivity index (χ2n) is 3.84. The van der Waals surface area contributed by atoms with Gasteiger partial charge in [-0.15, -0.1) is 0 Å². The van der Waals surface area contributed by atoms with E-state index in [-0.39, 0.29) is 10.9 Å². The SMILES string of the molecule is CC[C@@H](C)NC(=O)NS(=O)(=O)c1ccc(F)cc1. The summed E-state index contributed by atoms with van der Waals surface area (Å²) in [6.45, 7) is 3.61. The largest absolute Gasteiger partial charge is 0.335 e. The van der Waals surface area contributed by atoms with Crippen molar-refractivity contribution in [1.29, 1.82) is 0 Å². The molecular weight excluding hydrogens is 259 g/mol. The zero-order valence-corrected chi connectivity index (χ0v) is 10.9. The molecule has 0 radical (unpaired) electrons. The minimum Gasteiger partial charge on any atom is -0.335 e. The smallest absolute Gasteiger partial charge is 0.328 e. The Bertz CT molecular complexity index is 514. The van der Waals surface area contributed by atoms with Crippen molar-refractivity contribution >= 4 is 16.1 Å². The van der Waals surface area contributed by atoms with Crippen molar-refractivity contribution in [2.45, 2.75) is 31.2 Å². The maximum atomic E-state index is 12.7. The highest BCUT2D eigenvalue weighted by Crippen LogP contribution is 2.09. The van der Waals surface area contributed by atoms with Gasteiger partial charge in [0.15, 0.2) is 0 Å². The molecule has 7 heteroatoms. The average molecular weight is 274 g/mol. The number of rotatable bonds is 4. The van der Waals surface area contributed by atoms with Gasteiger partial charge in [-0.05, 0) is 37.6 Å². The summed E-state index contributed by atoms with van der Waals surface area (Å²) in [5, 5.41) is 2.46. The number of carbonyl (C=O) groups excluding carboxylic acids is 1. The first-order chi connectivity index (χ1) is 8.35. The normalized spacial score (nSPS) is 12.8. The van der Waals surface area contributed by atoms with Crippen LogP contribution in [0.2, 0.25) is 0 Å². The number of urea groups is 1. The molecule has 0 unspecified atom stereocenters. The predicted molar refractivity (Wildman–Crippen MR) is 65.0 cm³/mol. The van der Waals surface area contributed by atoms with Gasteiger partial charge in [0.05, 0.1) is 4.90 Å². The first kappa shape index (κ1) is 14.4. The molecule has 1 rings (SSSR count). The molecule has 1 aromatic carbocycles. The van der Waals surface area contributed by atoms with Gasteiger partial charge in [0.1, 0.15) is 5.82 Å². The minimum atomic E-state index is -3.96. The molecule has 0 aromatic heterocycles. The van der Waals surface area contributed by atoms with Crippen LogP contribution in [0.1, 0.15) is 20.3 Å². The summed E-state index contributed by atoms with van der Waals surface area (Å²) in [5.74, 6) is -0.544. The van der Waals surface area contributed by atoms with Gasteiger partial charge >= 0.3 is 6.03 Å². The summed E-state index contributed by atoms with van der Waals surface area (Å²) in [5.41, 5.74) is 0. The van der Waals surface area contributed by atoms with Crippen LogP contribution >= 0.6 is 0 Å². The molecule has 1 atom stereocenters. The Morgan fingerprint density at radius 1 is 1.33 bits per heavy atom. The Balaban J connectivity index is 2.76. The van der Waals surface area contributed by atoms with E-state index in [1.54, 1.807) is 6.92 Å². The zero-order chi connectivity index (χ0) is 13.8. The average Bonchev–Trinajstić information content (AvgIpc) is 2.28. The molecule has 0 fully saturated rings. The van der Waals surface area contributed by atoms with E-state index in [2.05, 4.69) is 5.32 Å². The van der Waals surface area contributed by atoms with Crippen molar-refractivity contribution in [2.75, 3.05) is 0 Å². The topological polar surface area (TPSA) is 75.3 Å². The van der Waals surface area contributed by atoms with E-state index < -0.39 is 21.9 Å². The third-order valence-electron chi connectivity index (χ3n) is 2.34. The van der Waals surface area contributed by atoms with E-state index >= 15 is 0 Å². The van der Waals surface area contributed by atoms with Crippen molar-refractivity contribution in [3.8, 4) is 0 Å². The molecule has 0 spiro atoms. The van der Waals surface area contributed by atoms with E-state index in [0.29, 0.717) is 6.42 Å². The van der Waals surface area contributed by atoms with Crippen LogP contribution < -0.4 is 10.0 Å². The second-order valence-corrected chi connectivity index (χ2v) is 5.52. The molecule has 2 amide bonds. The standard InChI is InChI=1S/C11H15FN2O3S/c1-3-8(2)13-11(15)14-18(16,17)10-6-4-9(12)5-7-10/h4-8H,3H2,1-2H3,(H2,13,14,15)/t8-/m1/s1. The van der Waals surface area contributed by atoms with Crippen LogP contribution in [-0.4, -0.2) is 20.5 Å². The molecule has 18 heavy (non-hydrogen) atoms. The summed E-state index contributed by atoms with van der Waals surface area (Å²) in [6, 6.07) is 3.28. The highest BCUT2D eigenvalue weighted by molar-refractivity contribution is 7.90. The lowest BCUT2D eigenvalue weighted by Crippen LogP contribution is -2.43. The van der Waals surface area contributed by atoms with E-state index in [4.69, 9.17) is 0 Å². The fourth-order valence-electron chi connectivity index (χ4n) is 1.15. The van der Waals surface area contributed by atoms with Gasteiger partial charge in [-0.1, -0.05) is 6.92 Å². The Morgan fingerprint density at radius 2 is 1.89 bits per heavy atom. The lowest BCUT2D eigenvalue weighted by atomic mass is 10.3. The first-order valence-electron chi connectivity index (χ1n) is 5.44. The van der Waals surface area contributed by atoms with Crippen molar-refractivity contribution < 1.29 is 17.6 Å². The van der Waals surface area contributed by atoms with Crippen molar-refractivity contribution in [3.63, 3.8) is 0 Å². The molecule has 0 aliphatic heterocycles. The van der Waals surface area contributed by atoms with Gasteiger partial charge in [0.25, 0.3) is 10.0 Å². The van der Waals surface area contributed by atoms with Crippen LogP contribution in [-0.2, 0) is 10.0 Å². The maximum absolute atomic E-state index is 12.7. The second kappa shape index (κ2) is 5.81. The Kier molecular flexibility index (Phi) is 4.66. The van der Waals surface area contributed by atoms with Crippen LogP contribution in [0, 0.1) is 5.82 Å². The highest BCUT2D eigenvalue weighted by Gasteiger charge is 2.18. The molecular formula is C11H15FN2O3S. The number of hydrogen-bond donors (Lipinski definition) is 2. The molecule has 0 saturated carbocycles. The van der Waals surface area contributed by atoms with Gasteiger partial charge < -0.3 is 5.32 Å². The van der Waals surface area contributed by atoms with Crippen LogP contribution in [0.4, 0.5) is 9.18 Å². The number of nitrogens with one attached hydrogen (secondary N) is 2. The molecule has 1 aromatic rings. The van der Waals surface area contributed by atoms with Crippen LogP contribution in [0.3, 0.4) is 0 Å². The summed E-state index contributed by atoms with van der Waals surface area (Å²) >= 11 is 0. The van der Waals surface area contributed by atoms with Crippen LogP contribution in [0.15, 0.2) is 29.2 Å². The Labute approximate surface area is 105 Å². The molecule has 0 bridgehead atoms. The molecule has 100 valence electrons. The van der Waals surface area contributed by atoms with E-state index in [9.17, 15) is 17.6 Å². The summed E-state index contributed by atoms with van der Waals surface area (Å²) in [4.78, 5) is 11.2. The molecule has 5 nitrogen and oxygen atoms in total. The fraction of sp³-hybridized carbons (Fsp3) is 0.364. The van der Waals surface area contributed by atoms with Crippen molar-refractivity contribution in [3.05, 3.63) is 30.1 Å². The lowest BCUT2D eigenvalue weighted by molar-refractivity contribution is 0.242. The Hall–Kier alpha value is -1.63. The number of benzene rings is 1. The maximum Gasteiger partial charge on any atom is 0.328 e. The Morgan fingerprint density at radius 3 is 2.39 bits per heavy atom. The quantitative estimate of drug-likeness (QED) is 0.876. The number of hydrogen-bond acceptors (Lipinski definition) is 3. The van der Waals surface area contributed by atoms with Gasteiger partial charge in [0.2, 0.25) is 0 Å². The predicted octanol–water partition coefficient (Wildman–Crippen LogP) is 1.61. The number of halogens is 1. The fourth-order valence-corrected chi connectivity index (χ4v) is 2.07. The highest BCUT2D eigenvalue weighted by atomic mass is 32.2.